The maximum Gasteiger partial charge on any atom is 0.490 e. The van der Waals surface area contributed by atoms with Gasteiger partial charge in [-0.25, -0.2) is 4.90 Å². The first kappa shape index (κ1) is 15.9. The minimum atomic E-state index is -1.92. The van der Waals surface area contributed by atoms with E-state index >= 15 is 0 Å². The molecule has 0 atom stereocenters. The van der Waals surface area contributed by atoms with E-state index in [2.05, 4.69) is 5.32 Å². The second-order valence-electron chi connectivity index (χ2n) is 5.32. The molecule has 0 bridgehead atoms. The number of carbonyl (C=O) groups is 3. The minimum absolute atomic E-state index is 0.0595. The Labute approximate surface area is 137 Å². The zero-order valence-electron chi connectivity index (χ0n) is 12.7. The summed E-state index contributed by atoms with van der Waals surface area (Å²) in [4.78, 5) is 37.1. The number of amides is 3. The monoisotopic (exact) mass is 324 g/mol. The van der Waals surface area contributed by atoms with Gasteiger partial charge in [0.2, 0.25) is 5.91 Å². The Hall–Kier alpha value is -2.97. The van der Waals surface area contributed by atoms with Crippen LogP contribution in [-0.4, -0.2) is 34.9 Å². The van der Waals surface area contributed by atoms with Crippen LogP contribution in [0.5, 0.6) is 0 Å². The lowest BCUT2D eigenvalue weighted by Gasteiger charge is -2.19. The number of imide groups is 1. The lowest BCUT2D eigenvalue weighted by Crippen LogP contribution is -2.40. The summed E-state index contributed by atoms with van der Waals surface area (Å²) in [6.45, 7) is 1.31. The molecule has 0 unspecified atom stereocenters. The quantitative estimate of drug-likeness (QED) is 0.549. The molecule has 3 N–H and O–H groups in total. The van der Waals surface area contributed by atoms with Crippen molar-refractivity contribution in [3.05, 3.63) is 53.6 Å². The Morgan fingerprint density at radius 2 is 1.62 bits per heavy atom. The van der Waals surface area contributed by atoms with Crippen molar-refractivity contribution in [2.75, 3.05) is 10.2 Å². The highest BCUT2D eigenvalue weighted by atomic mass is 16.4. The normalized spacial score (nSPS) is 13.0. The molecular formula is C16H13BN2O5. The highest BCUT2D eigenvalue weighted by Gasteiger charge is 2.38. The summed E-state index contributed by atoms with van der Waals surface area (Å²) in [7, 11) is -1.92. The third-order valence-corrected chi connectivity index (χ3v) is 3.66. The van der Waals surface area contributed by atoms with E-state index in [9.17, 15) is 24.4 Å². The third-order valence-electron chi connectivity index (χ3n) is 3.66. The number of hydrogen-bond acceptors (Lipinski definition) is 5. The Bertz CT molecular complexity index is 830. The fourth-order valence-electron chi connectivity index (χ4n) is 2.65. The first-order chi connectivity index (χ1) is 11.4. The summed E-state index contributed by atoms with van der Waals surface area (Å²) in [6.07, 6.45) is 0. The molecule has 120 valence electrons. The van der Waals surface area contributed by atoms with E-state index in [1.807, 2.05) is 0 Å². The molecule has 3 rings (SSSR count). The topological polar surface area (TPSA) is 107 Å². The molecule has 0 spiro atoms. The summed E-state index contributed by atoms with van der Waals surface area (Å²) < 4.78 is 0. The Morgan fingerprint density at radius 3 is 2.12 bits per heavy atom. The van der Waals surface area contributed by atoms with Crippen LogP contribution < -0.4 is 15.7 Å². The van der Waals surface area contributed by atoms with E-state index in [0.29, 0.717) is 5.69 Å². The molecule has 2 aromatic rings. The van der Waals surface area contributed by atoms with Crippen LogP contribution in [-0.2, 0) is 4.79 Å². The Morgan fingerprint density at radius 1 is 1.04 bits per heavy atom. The molecule has 24 heavy (non-hydrogen) atoms. The molecule has 0 fully saturated rings. The fraction of sp³-hybridized carbons (Fsp3) is 0.0625. The predicted octanol–water partition coefficient (Wildman–Crippen LogP) is 0.125. The number of benzene rings is 2. The molecule has 0 radical (unpaired) electrons. The van der Waals surface area contributed by atoms with Crippen LogP contribution in [0.2, 0.25) is 0 Å². The standard InChI is InChI=1S/C16H13BN2O5/c1-9(20)18-10-6-7-14(13(8-10)17(23)24)19-15(21)11-4-2-3-5-12(11)16(19)22/h2-8,23-24H,1H3,(H,18,20). The maximum atomic E-state index is 12.5. The van der Waals surface area contributed by atoms with E-state index in [0.717, 1.165) is 4.90 Å². The lowest BCUT2D eigenvalue weighted by atomic mass is 9.78. The average Bonchev–Trinajstić information content (AvgIpc) is 2.79. The second kappa shape index (κ2) is 5.91. The number of hydrogen-bond donors (Lipinski definition) is 3. The molecule has 0 aromatic heterocycles. The number of rotatable bonds is 3. The van der Waals surface area contributed by atoms with Gasteiger partial charge in [0, 0.05) is 18.1 Å². The summed E-state index contributed by atoms with van der Waals surface area (Å²) in [5.74, 6) is -1.41. The second-order valence-corrected chi connectivity index (χ2v) is 5.32. The maximum absolute atomic E-state index is 12.5. The molecule has 1 heterocycles. The smallest absolute Gasteiger partial charge is 0.423 e. The first-order valence-corrected chi connectivity index (χ1v) is 7.15. The summed E-state index contributed by atoms with van der Waals surface area (Å²) in [5.41, 5.74) is 0.839. The molecule has 2 aromatic carbocycles. The molecule has 0 saturated carbocycles. The average molecular weight is 324 g/mol. The van der Waals surface area contributed by atoms with Crippen LogP contribution in [0.4, 0.5) is 11.4 Å². The van der Waals surface area contributed by atoms with Crippen LogP contribution in [0.15, 0.2) is 42.5 Å². The van der Waals surface area contributed by atoms with Gasteiger partial charge in [-0.15, -0.1) is 0 Å². The van der Waals surface area contributed by atoms with Crippen molar-refractivity contribution in [1.29, 1.82) is 0 Å². The van der Waals surface area contributed by atoms with Crippen LogP contribution in [0.3, 0.4) is 0 Å². The highest BCUT2D eigenvalue weighted by molar-refractivity contribution is 6.61. The van der Waals surface area contributed by atoms with Crippen LogP contribution in [0.1, 0.15) is 27.6 Å². The van der Waals surface area contributed by atoms with E-state index < -0.39 is 18.9 Å². The molecule has 8 heteroatoms. The van der Waals surface area contributed by atoms with Gasteiger partial charge in [-0.2, -0.15) is 0 Å². The molecule has 0 aliphatic carbocycles. The predicted molar refractivity (Wildman–Crippen MR) is 88.2 cm³/mol. The van der Waals surface area contributed by atoms with Crippen molar-refractivity contribution >= 4 is 41.7 Å². The number of fused-ring (bicyclic) bond motifs is 1. The van der Waals surface area contributed by atoms with Crippen LogP contribution in [0.25, 0.3) is 0 Å². The largest absolute Gasteiger partial charge is 0.490 e. The molecule has 0 saturated heterocycles. The number of nitrogens with one attached hydrogen (secondary N) is 1. The van der Waals surface area contributed by atoms with Gasteiger partial charge < -0.3 is 15.4 Å². The van der Waals surface area contributed by atoms with Crippen LogP contribution in [0, 0.1) is 0 Å². The summed E-state index contributed by atoms with van der Waals surface area (Å²) >= 11 is 0. The molecule has 1 aliphatic rings. The summed E-state index contributed by atoms with van der Waals surface area (Å²) in [6, 6.07) is 10.6. The zero-order chi connectivity index (χ0) is 17.4. The van der Waals surface area contributed by atoms with Crippen molar-refractivity contribution in [3.63, 3.8) is 0 Å². The van der Waals surface area contributed by atoms with E-state index in [1.165, 1.54) is 37.3 Å². The number of anilines is 2. The lowest BCUT2D eigenvalue weighted by molar-refractivity contribution is -0.114. The number of nitrogens with zero attached hydrogens (tertiary/aromatic N) is 1. The highest BCUT2D eigenvalue weighted by Crippen LogP contribution is 2.28. The molecular weight excluding hydrogens is 311 g/mol. The zero-order valence-corrected chi connectivity index (χ0v) is 12.7. The van der Waals surface area contributed by atoms with Crippen molar-refractivity contribution in [1.82, 2.24) is 0 Å². The first-order valence-electron chi connectivity index (χ1n) is 7.15. The molecule has 1 aliphatic heterocycles. The summed E-state index contributed by atoms with van der Waals surface area (Å²) in [5, 5.41) is 21.7. The van der Waals surface area contributed by atoms with Crippen molar-refractivity contribution in [2.24, 2.45) is 0 Å². The van der Waals surface area contributed by atoms with E-state index in [1.54, 1.807) is 12.1 Å². The van der Waals surface area contributed by atoms with Crippen LogP contribution >= 0.6 is 0 Å². The molecule has 7 nitrogen and oxygen atoms in total. The van der Waals surface area contributed by atoms with Gasteiger partial charge >= 0.3 is 7.12 Å². The van der Waals surface area contributed by atoms with Crippen molar-refractivity contribution < 1.29 is 24.4 Å². The molecule has 3 amide bonds. The van der Waals surface area contributed by atoms with Gasteiger partial charge in [-0.1, -0.05) is 12.1 Å². The van der Waals surface area contributed by atoms with Crippen molar-refractivity contribution in [3.8, 4) is 0 Å². The third kappa shape index (κ3) is 2.57. The Balaban J connectivity index is 2.08. The Kier molecular flexibility index (Phi) is 3.92. The van der Waals surface area contributed by atoms with Gasteiger partial charge in [0.15, 0.2) is 0 Å². The van der Waals surface area contributed by atoms with Gasteiger partial charge in [0.1, 0.15) is 0 Å². The SMILES string of the molecule is CC(=O)Nc1ccc(N2C(=O)c3ccccc3C2=O)c(B(O)O)c1. The van der Waals surface area contributed by atoms with Gasteiger partial charge in [0.25, 0.3) is 11.8 Å². The van der Waals surface area contributed by atoms with Crippen molar-refractivity contribution in [2.45, 2.75) is 6.92 Å². The van der Waals surface area contributed by atoms with E-state index in [4.69, 9.17) is 0 Å². The number of carbonyl (C=O) groups excluding carboxylic acids is 3. The fourth-order valence-corrected chi connectivity index (χ4v) is 2.65. The van der Waals surface area contributed by atoms with Gasteiger partial charge in [-0.3, -0.25) is 14.4 Å². The van der Waals surface area contributed by atoms with Gasteiger partial charge in [-0.05, 0) is 30.3 Å². The van der Waals surface area contributed by atoms with Gasteiger partial charge in [0.05, 0.1) is 16.8 Å². The van der Waals surface area contributed by atoms with E-state index in [-0.39, 0.29) is 28.2 Å². The minimum Gasteiger partial charge on any atom is -0.423 e.